The number of esters is 1. The molecule has 3 rings (SSSR count). The lowest BCUT2D eigenvalue weighted by atomic mass is 9.75. The highest BCUT2D eigenvalue weighted by Crippen LogP contribution is 2.46. The van der Waals surface area contributed by atoms with Crippen LogP contribution in [0.2, 0.25) is 18.1 Å². The summed E-state index contributed by atoms with van der Waals surface area (Å²) in [5.41, 5.74) is -5.87. The van der Waals surface area contributed by atoms with Crippen LogP contribution >= 0.6 is 0 Å². The second kappa shape index (κ2) is 14.9. The lowest BCUT2D eigenvalue weighted by Crippen LogP contribution is -2.44. The number of carbonyl (C=O) groups is 2. The Balaban J connectivity index is 2.32. The number of rotatable bonds is 11. The van der Waals surface area contributed by atoms with Crippen molar-refractivity contribution in [2.45, 2.75) is 130 Å². The zero-order valence-corrected chi connectivity index (χ0v) is 30.5. The summed E-state index contributed by atoms with van der Waals surface area (Å²) >= 11 is 0. The Hall–Kier alpha value is -2.33. The largest absolute Gasteiger partial charge is 0.534 e. The molecule has 1 fully saturated rings. The van der Waals surface area contributed by atoms with Crippen LogP contribution < -0.4 is 4.18 Å². The summed E-state index contributed by atoms with van der Waals surface area (Å²) in [7, 11) is -9.11. The van der Waals surface area contributed by atoms with Gasteiger partial charge in [-0.2, -0.15) is 34.8 Å². The average Bonchev–Trinajstić information content (AvgIpc) is 2.99. The predicted molar refractivity (Wildman–Crippen MR) is 169 cm³/mol. The fraction of sp³-hybridized carbons (Fsp3) is 0.750. The van der Waals surface area contributed by atoms with Crippen molar-refractivity contribution in [2.75, 3.05) is 6.54 Å². The van der Waals surface area contributed by atoms with Gasteiger partial charge in [0.05, 0.1) is 0 Å². The van der Waals surface area contributed by atoms with Crippen LogP contribution in [0.3, 0.4) is 0 Å². The number of alkyl halides is 6. The van der Waals surface area contributed by atoms with Gasteiger partial charge in [-0.1, -0.05) is 48.0 Å². The maximum atomic E-state index is 14.4. The Kier molecular flexibility index (Phi) is 12.4. The van der Waals surface area contributed by atoms with Crippen molar-refractivity contribution in [2.24, 2.45) is 17.8 Å². The van der Waals surface area contributed by atoms with Gasteiger partial charge in [0.25, 0.3) is 0 Å². The lowest BCUT2D eigenvalue weighted by molar-refractivity contribution is -0.186. The van der Waals surface area contributed by atoms with Crippen molar-refractivity contribution >= 4 is 30.3 Å². The molecule has 3 unspecified atom stereocenters. The second-order valence-electron chi connectivity index (χ2n) is 13.5. The Morgan fingerprint density at radius 1 is 0.958 bits per heavy atom. The number of ether oxygens (including phenoxy) is 1. The molecule has 274 valence electrons. The van der Waals surface area contributed by atoms with E-state index in [0.717, 1.165) is 12.8 Å². The van der Waals surface area contributed by atoms with E-state index in [2.05, 4.69) is 0 Å². The minimum Gasteiger partial charge on any atom is -0.460 e. The minimum atomic E-state index is -6.32. The van der Waals surface area contributed by atoms with Gasteiger partial charge in [0.1, 0.15) is 6.10 Å². The molecule has 8 nitrogen and oxygen atoms in total. The molecule has 16 heteroatoms. The first-order valence-corrected chi connectivity index (χ1v) is 20.4. The third-order valence-corrected chi connectivity index (χ3v) is 15.8. The number of fused-ring (bicyclic) bond motifs is 1. The molecule has 1 amide bonds. The molecule has 1 aliphatic heterocycles. The van der Waals surface area contributed by atoms with Crippen LogP contribution in [-0.4, -0.2) is 57.8 Å². The number of hydrogen-bond acceptors (Lipinski definition) is 7. The lowest BCUT2D eigenvalue weighted by Gasteiger charge is -2.39. The Morgan fingerprint density at radius 2 is 1.54 bits per heavy atom. The Labute approximate surface area is 280 Å². The molecule has 2 aliphatic rings. The van der Waals surface area contributed by atoms with Gasteiger partial charge in [-0.15, -0.1) is 0 Å². The first-order valence-electron chi connectivity index (χ1n) is 16.4. The van der Waals surface area contributed by atoms with Crippen molar-refractivity contribution in [1.29, 1.82) is 0 Å². The Bertz CT molecular complexity index is 1450. The van der Waals surface area contributed by atoms with Gasteiger partial charge in [-0.3, -0.25) is 4.79 Å². The summed E-state index contributed by atoms with van der Waals surface area (Å²) < 4.78 is 124. The third-order valence-electron chi connectivity index (χ3n) is 10.3. The summed E-state index contributed by atoms with van der Waals surface area (Å²) in [6.45, 7) is 13.3. The van der Waals surface area contributed by atoms with Gasteiger partial charge in [-0.05, 0) is 91.2 Å². The van der Waals surface area contributed by atoms with Crippen LogP contribution in [0.25, 0.3) is 0 Å². The zero-order valence-electron chi connectivity index (χ0n) is 28.7. The van der Waals surface area contributed by atoms with E-state index in [0.29, 0.717) is 35.0 Å². The van der Waals surface area contributed by atoms with Crippen molar-refractivity contribution < 1.29 is 57.7 Å². The van der Waals surface area contributed by atoms with Crippen LogP contribution in [0.15, 0.2) is 0 Å². The molecule has 0 N–H and O–H groups in total. The minimum absolute atomic E-state index is 0.00109. The van der Waals surface area contributed by atoms with E-state index in [1.165, 1.54) is 13.8 Å². The topological polar surface area (TPSA) is 99.2 Å². The smallest absolute Gasteiger partial charge is 0.460 e. The van der Waals surface area contributed by atoms with E-state index in [1.54, 1.807) is 0 Å². The molecule has 0 radical (unpaired) electrons. The summed E-state index contributed by atoms with van der Waals surface area (Å²) in [5, 5.41) is 0. The molecule has 0 spiro atoms. The highest BCUT2D eigenvalue weighted by atomic mass is 32.2. The fourth-order valence-electron chi connectivity index (χ4n) is 7.06. The number of benzene rings is 1. The van der Waals surface area contributed by atoms with Crippen molar-refractivity contribution in [3.63, 3.8) is 0 Å². The number of nitrogens with zero attached hydrogens (tertiary/aromatic N) is 1. The molecule has 1 aliphatic carbocycles. The number of carbonyl (C=O) groups excluding carboxylic acids is 2. The normalized spacial score (nSPS) is 21.6. The van der Waals surface area contributed by atoms with Crippen LogP contribution in [0.5, 0.6) is 5.75 Å². The van der Waals surface area contributed by atoms with E-state index in [1.807, 2.05) is 41.5 Å². The molecule has 4 atom stereocenters. The van der Waals surface area contributed by atoms with E-state index >= 15 is 0 Å². The molecule has 1 saturated carbocycles. The van der Waals surface area contributed by atoms with Crippen LogP contribution in [0.4, 0.5) is 26.3 Å². The molecule has 1 heterocycles. The SMILES string of the molecule is CC[Si](CC)(CC)O[C@H](C(=O)OC1CC(C)CCC1C(C)C)c1c(C)c2c(c(C)c1OS(=O)(=O)C(F)(F)F)CN(C(=O)C(F)(F)F)CC2. The van der Waals surface area contributed by atoms with Crippen LogP contribution in [0.1, 0.15) is 94.7 Å². The predicted octanol–water partition coefficient (Wildman–Crippen LogP) is 8.05. The summed E-state index contributed by atoms with van der Waals surface area (Å²) in [4.78, 5) is 27.0. The standard InChI is InChI=1S/C32H47F6NO7SSi/c1-9-48(10-2,11-3)46-28(29(40)44-25-16-19(6)12-13-22(25)18(4)5)26-20(7)23-14-15-39(30(41)31(33,34)35)17-24(23)21(8)27(26)45-47(42,43)32(36,37)38/h18-19,22,25,28H,9-17H2,1-8H3/t19?,22?,25?,28-/m0/s1. The second-order valence-corrected chi connectivity index (χ2v) is 19.7. The first kappa shape index (κ1) is 40.1. The summed E-state index contributed by atoms with van der Waals surface area (Å²) in [6.07, 6.45) is -5.28. The maximum Gasteiger partial charge on any atom is 0.534 e. The molecule has 1 aromatic rings. The van der Waals surface area contributed by atoms with Gasteiger partial charge >= 0.3 is 33.7 Å². The fourth-order valence-corrected chi connectivity index (χ4v) is 10.3. The van der Waals surface area contributed by atoms with Crippen LogP contribution in [0, 0.1) is 31.6 Å². The van der Waals surface area contributed by atoms with Gasteiger partial charge in [0, 0.05) is 18.7 Å². The molecule has 1 aromatic carbocycles. The van der Waals surface area contributed by atoms with E-state index in [-0.39, 0.29) is 53.0 Å². The van der Waals surface area contributed by atoms with Crippen molar-refractivity contribution in [3.8, 4) is 5.75 Å². The highest BCUT2D eigenvalue weighted by molar-refractivity contribution is 7.88. The van der Waals surface area contributed by atoms with Crippen LogP contribution in [-0.2, 0) is 41.8 Å². The van der Waals surface area contributed by atoms with Gasteiger partial charge in [-0.25, -0.2) is 4.79 Å². The molecular weight excluding hydrogens is 684 g/mol. The van der Waals surface area contributed by atoms with E-state index < -0.39 is 66.5 Å². The molecule has 48 heavy (non-hydrogen) atoms. The Morgan fingerprint density at radius 3 is 2.04 bits per heavy atom. The zero-order chi connectivity index (χ0) is 36.6. The number of hydrogen-bond donors (Lipinski definition) is 0. The quantitative estimate of drug-likeness (QED) is 0.0747. The maximum absolute atomic E-state index is 14.4. The molecule has 0 aromatic heterocycles. The molecule has 0 saturated heterocycles. The van der Waals surface area contributed by atoms with Gasteiger partial charge in [0.2, 0.25) is 0 Å². The van der Waals surface area contributed by atoms with Gasteiger partial charge in [0.15, 0.2) is 20.2 Å². The van der Waals surface area contributed by atoms with E-state index in [4.69, 9.17) is 13.3 Å². The highest BCUT2D eigenvalue weighted by Gasteiger charge is 2.51. The summed E-state index contributed by atoms with van der Waals surface area (Å²) in [5.74, 6) is -3.52. The average molecular weight is 732 g/mol. The van der Waals surface area contributed by atoms with Crippen molar-refractivity contribution in [1.82, 2.24) is 4.90 Å². The number of halogens is 6. The summed E-state index contributed by atoms with van der Waals surface area (Å²) in [6, 6.07) is 1.56. The van der Waals surface area contributed by atoms with E-state index in [9.17, 15) is 44.3 Å². The third kappa shape index (κ3) is 8.33. The molecular formula is C32H47F6NO7SSi. The first-order chi connectivity index (χ1) is 22.0. The monoisotopic (exact) mass is 731 g/mol. The van der Waals surface area contributed by atoms with Gasteiger partial charge < -0.3 is 18.2 Å². The number of amides is 1. The van der Waals surface area contributed by atoms with Crippen molar-refractivity contribution in [3.05, 3.63) is 27.8 Å². The molecule has 0 bridgehead atoms.